The van der Waals surface area contributed by atoms with Crippen LogP contribution in [-0.2, 0) is 0 Å². The van der Waals surface area contributed by atoms with E-state index in [1.165, 1.54) is 30.5 Å². The minimum Gasteiger partial charge on any atom is -0.477 e. The molecule has 0 aliphatic rings. The second-order valence-electron chi connectivity index (χ2n) is 3.81. The molecule has 1 heterocycles. The van der Waals surface area contributed by atoms with Crippen LogP contribution in [0, 0.1) is 21.4 Å². The highest BCUT2D eigenvalue weighted by Crippen LogP contribution is 2.31. The highest BCUT2D eigenvalue weighted by atomic mass is 16.6. The zero-order valence-corrected chi connectivity index (χ0v) is 10.4. The number of nitro groups is 1. The number of hydrogen-bond acceptors (Lipinski definition) is 6. The summed E-state index contributed by atoms with van der Waals surface area (Å²) in [7, 11) is 0. The molecule has 21 heavy (non-hydrogen) atoms. The fourth-order valence-corrected chi connectivity index (χ4v) is 1.61. The molecule has 0 aliphatic carbocycles. The molecule has 1 aromatic heterocycles. The molecule has 104 valence electrons. The number of carbonyl (C=O) groups is 1. The normalized spacial score (nSPS) is 9.67. The van der Waals surface area contributed by atoms with Crippen molar-refractivity contribution < 1.29 is 19.6 Å². The Labute approximate surface area is 118 Å². The van der Waals surface area contributed by atoms with Crippen LogP contribution in [0.5, 0.6) is 11.5 Å². The lowest BCUT2D eigenvalue weighted by Crippen LogP contribution is -2.05. The molecule has 1 aromatic carbocycles. The van der Waals surface area contributed by atoms with Gasteiger partial charge >= 0.3 is 5.97 Å². The third kappa shape index (κ3) is 2.93. The third-order valence-corrected chi connectivity index (χ3v) is 2.49. The molecule has 0 saturated heterocycles. The molecule has 0 bridgehead atoms. The standard InChI is InChI=1S/C13H7N3O5/c14-6-8-4-5-9(7-15-8)21-11-3-1-2-10(16(19)20)12(11)13(17)18/h1-5,7H,(H,17,18). The van der Waals surface area contributed by atoms with Gasteiger partial charge in [-0.2, -0.15) is 5.26 Å². The van der Waals surface area contributed by atoms with E-state index in [9.17, 15) is 14.9 Å². The molecule has 8 heteroatoms. The number of nitro benzene ring substituents is 1. The van der Waals surface area contributed by atoms with Gasteiger partial charge in [-0.1, -0.05) is 6.07 Å². The molecule has 1 N–H and O–H groups in total. The lowest BCUT2D eigenvalue weighted by Gasteiger charge is -2.08. The Morgan fingerprint density at radius 2 is 2.14 bits per heavy atom. The van der Waals surface area contributed by atoms with E-state index < -0.39 is 22.1 Å². The Kier molecular flexibility index (Phi) is 3.76. The molecular weight excluding hydrogens is 278 g/mol. The number of hydrogen-bond donors (Lipinski definition) is 1. The van der Waals surface area contributed by atoms with Gasteiger partial charge in [0, 0.05) is 6.07 Å². The summed E-state index contributed by atoms with van der Waals surface area (Å²) in [6.45, 7) is 0. The number of aromatic carboxylic acids is 1. The molecule has 2 rings (SSSR count). The van der Waals surface area contributed by atoms with Crippen molar-refractivity contribution in [2.45, 2.75) is 0 Å². The van der Waals surface area contributed by atoms with E-state index >= 15 is 0 Å². The first-order chi connectivity index (χ1) is 10.0. The quantitative estimate of drug-likeness (QED) is 0.674. The van der Waals surface area contributed by atoms with Crippen LogP contribution in [0.2, 0.25) is 0 Å². The van der Waals surface area contributed by atoms with Crippen molar-refractivity contribution >= 4 is 11.7 Å². The van der Waals surface area contributed by atoms with Gasteiger partial charge in [0.15, 0.2) is 5.56 Å². The maximum atomic E-state index is 11.2. The lowest BCUT2D eigenvalue weighted by atomic mass is 10.1. The second kappa shape index (κ2) is 5.66. The predicted molar refractivity (Wildman–Crippen MR) is 69.1 cm³/mol. The fraction of sp³-hybridized carbons (Fsp3) is 0. The van der Waals surface area contributed by atoms with Crippen LogP contribution in [0.1, 0.15) is 16.1 Å². The number of aromatic nitrogens is 1. The van der Waals surface area contributed by atoms with Gasteiger partial charge in [-0.3, -0.25) is 10.1 Å². The highest BCUT2D eigenvalue weighted by molar-refractivity contribution is 5.95. The van der Waals surface area contributed by atoms with Crippen molar-refractivity contribution in [2.24, 2.45) is 0 Å². The second-order valence-corrected chi connectivity index (χ2v) is 3.81. The number of ether oxygens (including phenoxy) is 1. The molecule has 0 aliphatic heterocycles. The van der Waals surface area contributed by atoms with Crippen molar-refractivity contribution in [3.63, 3.8) is 0 Å². The maximum Gasteiger partial charge on any atom is 0.346 e. The summed E-state index contributed by atoms with van der Waals surface area (Å²) >= 11 is 0. The van der Waals surface area contributed by atoms with E-state index in [1.54, 1.807) is 0 Å². The molecule has 0 amide bonds. The minimum absolute atomic E-state index is 0.164. The summed E-state index contributed by atoms with van der Waals surface area (Å²) in [5.41, 5.74) is -0.951. The van der Waals surface area contributed by atoms with Crippen LogP contribution < -0.4 is 4.74 Å². The Morgan fingerprint density at radius 1 is 1.38 bits per heavy atom. The molecule has 8 nitrogen and oxygen atoms in total. The molecule has 2 aromatic rings. The van der Waals surface area contributed by atoms with Crippen LogP contribution in [0.4, 0.5) is 5.69 Å². The average molecular weight is 285 g/mol. The number of rotatable bonds is 4. The summed E-state index contributed by atoms with van der Waals surface area (Å²) in [6, 6.07) is 8.31. The minimum atomic E-state index is -1.47. The number of pyridine rings is 1. The average Bonchev–Trinajstić information content (AvgIpc) is 2.47. The van der Waals surface area contributed by atoms with Crippen LogP contribution in [0.3, 0.4) is 0 Å². The number of carboxylic acid groups (broad SMARTS) is 1. The topological polar surface area (TPSA) is 126 Å². The number of carboxylic acids is 1. The van der Waals surface area contributed by atoms with Gasteiger partial charge in [0.2, 0.25) is 0 Å². The molecule has 0 atom stereocenters. The monoisotopic (exact) mass is 285 g/mol. The predicted octanol–water partition coefficient (Wildman–Crippen LogP) is 2.35. The first kappa shape index (κ1) is 14.0. The fourth-order valence-electron chi connectivity index (χ4n) is 1.61. The van der Waals surface area contributed by atoms with E-state index in [4.69, 9.17) is 15.1 Å². The Hall–Kier alpha value is -3.47. The van der Waals surface area contributed by atoms with Gasteiger partial charge in [-0.05, 0) is 18.2 Å². The summed E-state index contributed by atoms with van der Waals surface area (Å²) in [5, 5.41) is 28.6. The Balaban J connectivity index is 2.44. The van der Waals surface area contributed by atoms with Crippen molar-refractivity contribution in [3.05, 3.63) is 57.9 Å². The van der Waals surface area contributed by atoms with E-state index in [0.717, 1.165) is 6.07 Å². The SMILES string of the molecule is N#Cc1ccc(Oc2cccc([N+](=O)[O-])c2C(=O)O)cn1. The van der Waals surface area contributed by atoms with E-state index in [-0.39, 0.29) is 17.2 Å². The van der Waals surface area contributed by atoms with Gasteiger partial charge in [0.1, 0.15) is 23.3 Å². The zero-order chi connectivity index (χ0) is 15.4. The summed E-state index contributed by atoms with van der Waals surface area (Å²) in [6.07, 6.45) is 1.23. The number of benzene rings is 1. The summed E-state index contributed by atoms with van der Waals surface area (Å²) in [4.78, 5) is 25.0. The Bertz CT molecular complexity index is 749. The molecule has 0 spiro atoms. The Morgan fingerprint density at radius 3 is 2.67 bits per heavy atom. The van der Waals surface area contributed by atoms with Crippen LogP contribution >= 0.6 is 0 Å². The largest absolute Gasteiger partial charge is 0.477 e. The van der Waals surface area contributed by atoms with E-state index in [1.807, 2.05) is 6.07 Å². The van der Waals surface area contributed by atoms with E-state index in [0.29, 0.717) is 0 Å². The molecule has 0 saturated carbocycles. The van der Waals surface area contributed by atoms with Gasteiger partial charge < -0.3 is 9.84 Å². The van der Waals surface area contributed by atoms with Crippen molar-refractivity contribution in [3.8, 4) is 17.6 Å². The van der Waals surface area contributed by atoms with Gasteiger partial charge in [0.05, 0.1) is 11.1 Å². The molecular formula is C13H7N3O5. The van der Waals surface area contributed by atoms with Gasteiger partial charge in [-0.15, -0.1) is 0 Å². The third-order valence-electron chi connectivity index (χ3n) is 2.49. The van der Waals surface area contributed by atoms with Crippen molar-refractivity contribution in [2.75, 3.05) is 0 Å². The highest BCUT2D eigenvalue weighted by Gasteiger charge is 2.25. The first-order valence-electron chi connectivity index (χ1n) is 5.57. The van der Waals surface area contributed by atoms with Crippen molar-refractivity contribution in [1.82, 2.24) is 4.98 Å². The zero-order valence-electron chi connectivity index (χ0n) is 10.4. The van der Waals surface area contributed by atoms with Crippen LogP contribution in [0.25, 0.3) is 0 Å². The van der Waals surface area contributed by atoms with Gasteiger partial charge in [0.25, 0.3) is 5.69 Å². The van der Waals surface area contributed by atoms with Gasteiger partial charge in [-0.25, -0.2) is 9.78 Å². The van der Waals surface area contributed by atoms with Crippen molar-refractivity contribution in [1.29, 1.82) is 5.26 Å². The molecule has 0 unspecified atom stereocenters. The molecule has 0 fully saturated rings. The van der Waals surface area contributed by atoms with E-state index in [2.05, 4.69) is 4.98 Å². The number of nitriles is 1. The first-order valence-corrected chi connectivity index (χ1v) is 5.57. The number of nitrogens with zero attached hydrogens (tertiary/aromatic N) is 3. The summed E-state index contributed by atoms with van der Waals surface area (Å²) < 4.78 is 5.30. The van der Waals surface area contributed by atoms with Crippen LogP contribution in [-0.4, -0.2) is 21.0 Å². The molecule has 0 radical (unpaired) electrons. The summed E-state index contributed by atoms with van der Waals surface area (Å²) in [5.74, 6) is -1.49. The lowest BCUT2D eigenvalue weighted by molar-refractivity contribution is -0.385. The smallest absolute Gasteiger partial charge is 0.346 e. The van der Waals surface area contributed by atoms with Crippen LogP contribution in [0.15, 0.2) is 36.5 Å². The maximum absolute atomic E-state index is 11.2.